The predicted octanol–water partition coefficient (Wildman–Crippen LogP) is 6.22. The Morgan fingerprint density at radius 2 is 1.32 bits per heavy atom. The first-order valence-corrected chi connectivity index (χ1v) is 15.9. The van der Waals surface area contributed by atoms with E-state index in [2.05, 4.69) is 13.8 Å². The van der Waals surface area contributed by atoms with Crippen molar-refractivity contribution in [3.8, 4) is 0 Å². The summed E-state index contributed by atoms with van der Waals surface area (Å²) in [5.74, 6) is -2.78. The predicted molar refractivity (Wildman–Crippen MR) is 165 cm³/mol. The van der Waals surface area contributed by atoms with E-state index in [9.17, 15) is 24.0 Å². The van der Waals surface area contributed by atoms with Crippen molar-refractivity contribution in [2.45, 2.75) is 134 Å². The summed E-state index contributed by atoms with van der Waals surface area (Å²) >= 11 is 0. The van der Waals surface area contributed by atoms with Gasteiger partial charge in [-0.25, -0.2) is 0 Å². The standard InChI is InChI=1S/C16H22O6.C12H24O2.C6H12O2/c1-5-16(2,3)15(19)22-12-7-6-8-10(9(7)13(17)20-4)14(18)21-11(8)12;1-8-11(4,5)10(13)14-12(6,7)9(2)3;1-4-6(2,3)5(7)8/h7-12H,5-6H2,1-4H3;9H,8H2,1-7H3;4H2,1-3H3,(H,7,8). The van der Waals surface area contributed by atoms with Crippen LogP contribution in [0.15, 0.2) is 0 Å². The van der Waals surface area contributed by atoms with Crippen LogP contribution in [0.25, 0.3) is 0 Å². The third-order valence-corrected chi connectivity index (χ3v) is 10.3. The highest BCUT2D eigenvalue weighted by atomic mass is 16.6. The fraction of sp³-hybridized carbons (Fsp3) is 0.853. The van der Waals surface area contributed by atoms with E-state index in [1.807, 2.05) is 62.3 Å². The van der Waals surface area contributed by atoms with E-state index in [0.29, 0.717) is 25.2 Å². The first-order valence-electron chi connectivity index (χ1n) is 15.9. The van der Waals surface area contributed by atoms with Gasteiger partial charge < -0.3 is 24.1 Å². The number of carbonyl (C=O) groups excluding carboxylic acids is 4. The summed E-state index contributed by atoms with van der Waals surface area (Å²) < 4.78 is 21.4. The van der Waals surface area contributed by atoms with Crippen LogP contribution in [0.1, 0.15) is 116 Å². The van der Waals surface area contributed by atoms with E-state index in [1.165, 1.54) is 7.11 Å². The van der Waals surface area contributed by atoms with E-state index < -0.39 is 46.8 Å². The molecule has 0 aromatic heterocycles. The number of carboxylic acids is 1. The molecule has 2 aliphatic carbocycles. The Hall–Kier alpha value is -2.65. The average Bonchev–Trinajstić information content (AvgIpc) is 3.56. The van der Waals surface area contributed by atoms with Crippen LogP contribution in [0.5, 0.6) is 0 Å². The normalized spacial score (nSPS) is 25.7. The van der Waals surface area contributed by atoms with Crippen molar-refractivity contribution >= 4 is 29.8 Å². The quantitative estimate of drug-likeness (QED) is 0.219. The SMILES string of the molecule is CCC(C)(C)C(=O)O.CCC(C)(C)C(=O)OC(C)(C)C(C)C.CCC(C)(C)C(=O)OC1C2CC3C1OC(=O)C3C2C(=O)OC. The summed E-state index contributed by atoms with van der Waals surface area (Å²) in [4.78, 5) is 58.5. The number of rotatable bonds is 10. The molecule has 0 radical (unpaired) electrons. The average molecular weight is 627 g/mol. The lowest BCUT2D eigenvalue weighted by Crippen LogP contribution is -2.45. The zero-order valence-electron chi connectivity index (χ0n) is 29.5. The minimum atomic E-state index is -0.722. The number of methoxy groups -OCH3 is 1. The van der Waals surface area contributed by atoms with Crippen molar-refractivity contribution < 1.29 is 48.0 Å². The second kappa shape index (κ2) is 14.6. The van der Waals surface area contributed by atoms with Gasteiger partial charge in [-0.05, 0) is 87.0 Å². The van der Waals surface area contributed by atoms with Gasteiger partial charge in [-0.15, -0.1) is 0 Å². The van der Waals surface area contributed by atoms with Gasteiger partial charge in [-0.3, -0.25) is 24.0 Å². The molecular weight excluding hydrogens is 568 g/mol. The van der Waals surface area contributed by atoms with Gasteiger partial charge in [-0.2, -0.15) is 0 Å². The molecule has 6 atom stereocenters. The molecule has 2 bridgehead atoms. The zero-order chi connectivity index (χ0) is 34.6. The molecular formula is C34H58O10. The summed E-state index contributed by atoms with van der Waals surface area (Å²) in [6.07, 6.45) is 1.88. The summed E-state index contributed by atoms with van der Waals surface area (Å²) in [6.45, 7) is 24.8. The minimum absolute atomic E-state index is 0.0378. The number of hydrogen-bond donors (Lipinski definition) is 1. The van der Waals surface area contributed by atoms with Gasteiger partial charge in [0.15, 0.2) is 0 Å². The Balaban J connectivity index is 0.000000378. The maximum Gasteiger partial charge on any atom is 0.312 e. The molecule has 1 aliphatic heterocycles. The largest absolute Gasteiger partial charge is 0.481 e. The topological polar surface area (TPSA) is 142 Å². The van der Waals surface area contributed by atoms with Gasteiger partial charge in [0.05, 0.1) is 35.2 Å². The highest BCUT2D eigenvalue weighted by Crippen LogP contribution is 2.59. The molecule has 3 aliphatic rings. The lowest BCUT2D eigenvalue weighted by Gasteiger charge is -2.33. The van der Waals surface area contributed by atoms with Crippen LogP contribution in [0, 0.1) is 45.8 Å². The van der Waals surface area contributed by atoms with Crippen molar-refractivity contribution in [3.05, 3.63) is 0 Å². The number of fused-ring (bicyclic) bond motifs is 1. The molecule has 0 amide bonds. The van der Waals surface area contributed by atoms with Gasteiger partial charge in [0.1, 0.15) is 17.8 Å². The smallest absolute Gasteiger partial charge is 0.312 e. The third kappa shape index (κ3) is 8.75. The number of hydrogen-bond acceptors (Lipinski definition) is 9. The Morgan fingerprint density at radius 1 is 0.841 bits per heavy atom. The number of esters is 4. The molecule has 10 nitrogen and oxygen atoms in total. The summed E-state index contributed by atoms with van der Waals surface area (Å²) in [7, 11) is 1.31. The van der Waals surface area contributed by atoms with Gasteiger partial charge in [0.25, 0.3) is 0 Å². The van der Waals surface area contributed by atoms with Crippen molar-refractivity contribution in [3.63, 3.8) is 0 Å². The lowest BCUT2D eigenvalue weighted by molar-refractivity contribution is -0.173. The third-order valence-electron chi connectivity index (χ3n) is 10.3. The van der Waals surface area contributed by atoms with Crippen LogP contribution in [0.4, 0.5) is 0 Å². The molecule has 1 saturated heterocycles. The molecule has 254 valence electrons. The van der Waals surface area contributed by atoms with E-state index in [1.54, 1.807) is 13.8 Å². The summed E-state index contributed by atoms with van der Waals surface area (Å²) in [5, 5.41) is 8.44. The second-order valence-electron chi connectivity index (χ2n) is 15.1. The highest BCUT2D eigenvalue weighted by Gasteiger charge is 2.70. The number of ether oxygens (including phenoxy) is 4. The van der Waals surface area contributed by atoms with Crippen LogP contribution in [-0.4, -0.2) is 59.9 Å². The van der Waals surface area contributed by atoms with Crippen molar-refractivity contribution in [2.75, 3.05) is 7.11 Å². The molecule has 0 spiro atoms. The van der Waals surface area contributed by atoms with Crippen molar-refractivity contribution in [1.82, 2.24) is 0 Å². The number of carboxylic acid groups (broad SMARTS) is 1. The van der Waals surface area contributed by atoms with E-state index in [0.717, 1.165) is 6.42 Å². The van der Waals surface area contributed by atoms with E-state index in [4.69, 9.17) is 24.1 Å². The molecule has 3 rings (SSSR count). The Labute approximate surface area is 264 Å². The lowest BCUT2D eigenvalue weighted by atomic mass is 9.78. The molecule has 6 unspecified atom stereocenters. The van der Waals surface area contributed by atoms with Gasteiger partial charge in [0, 0.05) is 11.8 Å². The van der Waals surface area contributed by atoms with Crippen LogP contribution < -0.4 is 0 Å². The number of aliphatic carboxylic acids is 1. The first-order chi connectivity index (χ1) is 19.9. The zero-order valence-corrected chi connectivity index (χ0v) is 29.5. The van der Waals surface area contributed by atoms with Crippen molar-refractivity contribution in [1.29, 1.82) is 0 Å². The molecule has 1 heterocycles. The molecule has 44 heavy (non-hydrogen) atoms. The molecule has 1 N–H and O–H groups in total. The van der Waals surface area contributed by atoms with Crippen molar-refractivity contribution in [2.24, 2.45) is 45.8 Å². The fourth-order valence-electron chi connectivity index (χ4n) is 4.82. The highest BCUT2D eigenvalue weighted by molar-refractivity contribution is 5.86. The number of carbonyl (C=O) groups is 5. The Morgan fingerprint density at radius 3 is 1.70 bits per heavy atom. The van der Waals surface area contributed by atoms with E-state index in [-0.39, 0.29) is 40.8 Å². The minimum Gasteiger partial charge on any atom is -0.481 e. The van der Waals surface area contributed by atoms with Crippen LogP contribution in [0.3, 0.4) is 0 Å². The summed E-state index contributed by atoms with van der Waals surface area (Å²) in [5.41, 5.74) is -1.87. The van der Waals surface area contributed by atoms with Gasteiger partial charge in [-0.1, -0.05) is 34.6 Å². The van der Waals surface area contributed by atoms with Crippen LogP contribution >= 0.6 is 0 Å². The fourth-order valence-corrected chi connectivity index (χ4v) is 4.82. The van der Waals surface area contributed by atoms with E-state index >= 15 is 0 Å². The Bertz CT molecular complexity index is 1050. The van der Waals surface area contributed by atoms with Crippen LogP contribution in [-0.2, 0) is 42.9 Å². The van der Waals surface area contributed by atoms with Gasteiger partial charge in [0.2, 0.25) is 0 Å². The molecule has 0 aromatic rings. The monoisotopic (exact) mass is 626 g/mol. The summed E-state index contributed by atoms with van der Waals surface area (Å²) in [6, 6.07) is 0. The second-order valence-corrected chi connectivity index (χ2v) is 15.1. The maximum atomic E-state index is 12.4. The maximum absolute atomic E-state index is 12.4. The first kappa shape index (κ1) is 39.4. The molecule has 10 heteroatoms. The Kier molecular flexibility index (Phi) is 13.1. The van der Waals surface area contributed by atoms with Crippen LogP contribution in [0.2, 0.25) is 0 Å². The molecule has 0 aromatic carbocycles. The van der Waals surface area contributed by atoms with Gasteiger partial charge >= 0.3 is 29.8 Å². The molecule has 3 fully saturated rings. The molecule has 2 saturated carbocycles.